The maximum Gasteiger partial charge on any atom is 0.154 e. The largest absolute Gasteiger partial charge is 0.384 e. The van der Waals surface area contributed by atoms with E-state index in [0.29, 0.717) is 11.6 Å². The first-order chi connectivity index (χ1) is 13.7. The van der Waals surface area contributed by atoms with Gasteiger partial charge in [0, 0.05) is 17.8 Å². The number of nitrogens with zero attached hydrogens (tertiary/aromatic N) is 5. The Morgan fingerprint density at radius 1 is 0.786 bits per heavy atom. The molecule has 0 radical (unpaired) electrons. The van der Waals surface area contributed by atoms with E-state index in [1.54, 1.807) is 29.0 Å². The summed E-state index contributed by atoms with van der Waals surface area (Å²) in [5.41, 5.74) is 13.7. The SMILES string of the molecule is C1CCC(N2CCCC2)CC1.Nc1ccc(-c2cnc3ccc(N)nn23)cn1. The lowest BCUT2D eigenvalue weighted by molar-refractivity contribution is 0.191. The summed E-state index contributed by atoms with van der Waals surface area (Å²) in [6.07, 6.45) is 13.8. The van der Waals surface area contributed by atoms with Gasteiger partial charge < -0.3 is 16.4 Å². The van der Waals surface area contributed by atoms with Crippen LogP contribution in [0.25, 0.3) is 16.9 Å². The van der Waals surface area contributed by atoms with Crippen LogP contribution < -0.4 is 11.5 Å². The number of imidazole rings is 1. The molecule has 0 bridgehead atoms. The average Bonchev–Trinajstić information content (AvgIpc) is 3.40. The van der Waals surface area contributed by atoms with Gasteiger partial charge in [-0.15, -0.1) is 5.10 Å². The van der Waals surface area contributed by atoms with E-state index >= 15 is 0 Å². The maximum atomic E-state index is 5.66. The number of fused-ring (bicyclic) bond motifs is 1. The van der Waals surface area contributed by atoms with Crippen molar-refractivity contribution < 1.29 is 0 Å². The van der Waals surface area contributed by atoms with Crippen molar-refractivity contribution in [2.75, 3.05) is 24.6 Å². The second-order valence-corrected chi connectivity index (χ2v) is 7.68. The first kappa shape index (κ1) is 18.7. The Hall–Kier alpha value is -2.67. The van der Waals surface area contributed by atoms with Crippen molar-refractivity contribution >= 4 is 17.3 Å². The first-order valence-corrected chi connectivity index (χ1v) is 10.3. The Labute approximate surface area is 165 Å². The quantitative estimate of drug-likeness (QED) is 0.708. The van der Waals surface area contributed by atoms with Crippen LogP contribution in [0.15, 0.2) is 36.7 Å². The standard InChI is InChI=1S/C11H10N6.C10H19N/c12-9-2-1-7(5-14-9)8-6-15-11-4-3-10(13)16-17(8)11;1-2-6-10(7-3-1)11-8-4-5-9-11/h1-6H,(H2,12,14)(H2,13,16);10H,1-9H2. The van der Waals surface area contributed by atoms with Crippen LogP contribution in [0, 0.1) is 0 Å². The van der Waals surface area contributed by atoms with Gasteiger partial charge in [0.1, 0.15) is 11.6 Å². The van der Waals surface area contributed by atoms with Crippen molar-refractivity contribution in [3.8, 4) is 11.3 Å². The molecule has 2 aliphatic rings. The highest BCUT2D eigenvalue weighted by atomic mass is 15.3. The summed E-state index contributed by atoms with van der Waals surface area (Å²) in [7, 11) is 0. The van der Waals surface area contributed by atoms with Gasteiger partial charge in [-0.25, -0.2) is 14.5 Å². The third-order valence-corrected chi connectivity index (χ3v) is 5.70. The molecular formula is C21H29N7. The Morgan fingerprint density at radius 3 is 2.25 bits per heavy atom. The number of likely N-dealkylation sites (tertiary alicyclic amines) is 1. The normalized spacial score (nSPS) is 18.1. The number of hydrogen-bond acceptors (Lipinski definition) is 6. The summed E-state index contributed by atoms with van der Waals surface area (Å²) in [5, 5.41) is 4.21. The molecule has 148 valence electrons. The van der Waals surface area contributed by atoms with Crippen molar-refractivity contribution in [3.05, 3.63) is 36.7 Å². The van der Waals surface area contributed by atoms with E-state index in [0.717, 1.165) is 22.9 Å². The molecule has 0 atom stereocenters. The van der Waals surface area contributed by atoms with E-state index in [9.17, 15) is 0 Å². The third kappa shape index (κ3) is 4.25. The Morgan fingerprint density at radius 2 is 1.54 bits per heavy atom. The topological polar surface area (TPSA) is 98.4 Å². The highest BCUT2D eigenvalue weighted by molar-refractivity contribution is 5.63. The average molecular weight is 380 g/mol. The van der Waals surface area contributed by atoms with Crippen molar-refractivity contribution in [2.45, 2.75) is 51.0 Å². The molecule has 1 saturated heterocycles. The minimum atomic E-state index is 0.445. The second kappa shape index (κ2) is 8.56. The zero-order chi connectivity index (χ0) is 19.3. The van der Waals surface area contributed by atoms with E-state index < -0.39 is 0 Å². The third-order valence-electron chi connectivity index (χ3n) is 5.70. The summed E-state index contributed by atoms with van der Waals surface area (Å²) in [6, 6.07) is 8.12. The van der Waals surface area contributed by atoms with E-state index in [1.807, 2.05) is 12.1 Å². The summed E-state index contributed by atoms with van der Waals surface area (Å²) < 4.78 is 1.68. The molecule has 4 heterocycles. The highest BCUT2D eigenvalue weighted by Crippen LogP contribution is 2.25. The van der Waals surface area contributed by atoms with Gasteiger partial charge >= 0.3 is 0 Å². The predicted molar refractivity (Wildman–Crippen MR) is 113 cm³/mol. The summed E-state index contributed by atoms with van der Waals surface area (Å²) >= 11 is 0. The van der Waals surface area contributed by atoms with Crippen LogP contribution in [0.2, 0.25) is 0 Å². The highest BCUT2D eigenvalue weighted by Gasteiger charge is 2.22. The molecule has 7 heteroatoms. The summed E-state index contributed by atoms with van der Waals surface area (Å²) in [5.74, 6) is 0.926. The van der Waals surface area contributed by atoms with E-state index in [4.69, 9.17) is 11.5 Å². The van der Waals surface area contributed by atoms with Crippen molar-refractivity contribution in [3.63, 3.8) is 0 Å². The minimum absolute atomic E-state index is 0.445. The Kier molecular flexibility index (Phi) is 5.71. The van der Waals surface area contributed by atoms with Gasteiger partial charge in [-0.3, -0.25) is 0 Å². The van der Waals surface area contributed by atoms with Gasteiger partial charge in [0.2, 0.25) is 0 Å². The zero-order valence-electron chi connectivity index (χ0n) is 16.3. The lowest BCUT2D eigenvalue weighted by atomic mass is 9.94. The number of pyridine rings is 1. The summed E-state index contributed by atoms with van der Waals surface area (Å²) in [6.45, 7) is 2.79. The zero-order valence-corrected chi connectivity index (χ0v) is 16.3. The molecule has 2 fully saturated rings. The number of hydrogen-bond donors (Lipinski definition) is 2. The Bertz CT molecular complexity index is 891. The lowest BCUT2D eigenvalue weighted by Gasteiger charge is -2.30. The smallest absolute Gasteiger partial charge is 0.154 e. The maximum absolute atomic E-state index is 5.66. The molecule has 28 heavy (non-hydrogen) atoms. The molecule has 4 N–H and O–H groups in total. The van der Waals surface area contributed by atoms with Gasteiger partial charge in [0.05, 0.1) is 11.9 Å². The molecule has 0 unspecified atom stereocenters. The lowest BCUT2D eigenvalue weighted by Crippen LogP contribution is -2.34. The van der Waals surface area contributed by atoms with Crippen LogP contribution in [0.3, 0.4) is 0 Å². The molecular weight excluding hydrogens is 350 g/mol. The molecule has 5 rings (SSSR count). The fourth-order valence-corrected chi connectivity index (χ4v) is 4.19. The first-order valence-electron chi connectivity index (χ1n) is 10.3. The molecule has 3 aromatic heterocycles. The Balaban J connectivity index is 0.000000151. The number of aromatic nitrogens is 4. The fraction of sp³-hybridized carbons (Fsp3) is 0.476. The van der Waals surface area contributed by atoms with Crippen LogP contribution >= 0.6 is 0 Å². The van der Waals surface area contributed by atoms with Crippen LogP contribution in [0.1, 0.15) is 44.9 Å². The van der Waals surface area contributed by atoms with Gasteiger partial charge in [-0.2, -0.15) is 0 Å². The molecule has 1 aliphatic carbocycles. The van der Waals surface area contributed by atoms with Crippen LogP contribution in [-0.4, -0.2) is 43.6 Å². The van der Waals surface area contributed by atoms with Crippen molar-refractivity contribution in [2.24, 2.45) is 0 Å². The van der Waals surface area contributed by atoms with Crippen LogP contribution in [0.5, 0.6) is 0 Å². The second-order valence-electron chi connectivity index (χ2n) is 7.68. The van der Waals surface area contributed by atoms with E-state index in [1.165, 1.54) is 58.0 Å². The number of rotatable bonds is 2. The minimum Gasteiger partial charge on any atom is -0.384 e. The van der Waals surface area contributed by atoms with E-state index in [2.05, 4.69) is 20.0 Å². The molecule has 0 aromatic carbocycles. The summed E-state index contributed by atoms with van der Waals surface area (Å²) in [4.78, 5) is 11.0. The van der Waals surface area contributed by atoms with Crippen molar-refractivity contribution in [1.82, 2.24) is 24.5 Å². The van der Waals surface area contributed by atoms with Crippen molar-refractivity contribution in [1.29, 1.82) is 0 Å². The number of nitrogen functional groups attached to an aromatic ring is 2. The molecule has 7 nitrogen and oxygen atoms in total. The van der Waals surface area contributed by atoms with Crippen LogP contribution in [0.4, 0.5) is 11.6 Å². The predicted octanol–water partition coefficient (Wildman–Crippen LogP) is 3.37. The molecule has 0 spiro atoms. The molecule has 1 aliphatic heterocycles. The fourth-order valence-electron chi connectivity index (χ4n) is 4.19. The molecule has 1 saturated carbocycles. The van der Waals surface area contributed by atoms with E-state index in [-0.39, 0.29) is 0 Å². The number of anilines is 2. The monoisotopic (exact) mass is 379 g/mol. The van der Waals surface area contributed by atoms with Gasteiger partial charge in [0.15, 0.2) is 5.65 Å². The molecule has 3 aromatic rings. The molecule has 0 amide bonds. The van der Waals surface area contributed by atoms with Gasteiger partial charge in [-0.1, -0.05) is 19.3 Å². The van der Waals surface area contributed by atoms with Gasteiger partial charge in [-0.05, 0) is 63.0 Å². The van der Waals surface area contributed by atoms with Crippen LogP contribution in [-0.2, 0) is 0 Å². The van der Waals surface area contributed by atoms with Gasteiger partial charge in [0.25, 0.3) is 0 Å². The number of nitrogens with two attached hydrogens (primary N) is 2.